The molecule has 0 heterocycles. The fraction of sp³-hybridized carbons (Fsp3) is 0.562. The quantitative estimate of drug-likeness (QED) is 0.481. The highest BCUT2D eigenvalue weighted by Gasteiger charge is 2.15. The molecule has 2 N–H and O–H groups in total. The zero-order valence-electron chi connectivity index (χ0n) is 12.6. The SMILES string of the molecule is CN=C(NCCCOc1ccc(F)cc1)NC1CCCC1. The first kappa shape index (κ1) is 15.6. The number of benzene rings is 1. The van der Waals surface area contributed by atoms with Crippen LogP contribution in [0.2, 0.25) is 0 Å². The van der Waals surface area contributed by atoms with Crippen molar-refractivity contribution in [1.82, 2.24) is 10.6 Å². The third-order valence-electron chi connectivity index (χ3n) is 3.62. The molecule has 1 aromatic rings. The van der Waals surface area contributed by atoms with Crippen molar-refractivity contribution in [1.29, 1.82) is 0 Å². The zero-order chi connectivity index (χ0) is 14.9. The fourth-order valence-corrected chi connectivity index (χ4v) is 2.46. The van der Waals surface area contributed by atoms with Gasteiger partial charge in [0.05, 0.1) is 6.61 Å². The molecular formula is C16H24FN3O. The number of guanidine groups is 1. The Balaban J connectivity index is 1.58. The van der Waals surface area contributed by atoms with Crippen LogP contribution in [0.25, 0.3) is 0 Å². The lowest BCUT2D eigenvalue weighted by Gasteiger charge is -2.16. The van der Waals surface area contributed by atoms with E-state index in [2.05, 4.69) is 15.6 Å². The lowest BCUT2D eigenvalue weighted by atomic mass is 10.2. The molecule has 1 aliphatic rings. The van der Waals surface area contributed by atoms with Crippen LogP contribution < -0.4 is 15.4 Å². The van der Waals surface area contributed by atoms with Crippen molar-refractivity contribution >= 4 is 5.96 Å². The monoisotopic (exact) mass is 293 g/mol. The van der Waals surface area contributed by atoms with Crippen molar-refractivity contribution in [2.24, 2.45) is 4.99 Å². The highest BCUT2D eigenvalue weighted by atomic mass is 19.1. The molecule has 1 fully saturated rings. The minimum Gasteiger partial charge on any atom is -0.494 e. The van der Waals surface area contributed by atoms with Crippen LogP contribution in [0.1, 0.15) is 32.1 Å². The fourth-order valence-electron chi connectivity index (χ4n) is 2.46. The predicted molar refractivity (Wildman–Crippen MR) is 83.3 cm³/mol. The Morgan fingerprint density at radius 2 is 2.00 bits per heavy atom. The normalized spacial score (nSPS) is 16.0. The van der Waals surface area contributed by atoms with Crippen LogP contribution in [0, 0.1) is 5.82 Å². The standard InChI is InChI=1S/C16H24FN3O/c1-18-16(20-14-5-2-3-6-14)19-11-4-12-21-15-9-7-13(17)8-10-15/h7-10,14H,2-6,11-12H2,1H3,(H2,18,19,20). The summed E-state index contributed by atoms with van der Waals surface area (Å²) >= 11 is 0. The molecule has 4 nitrogen and oxygen atoms in total. The molecule has 0 atom stereocenters. The van der Waals surface area contributed by atoms with Crippen molar-refractivity contribution in [3.8, 4) is 5.75 Å². The van der Waals surface area contributed by atoms with Crippen LogP contribution in [0.4, 0.5) is 4.39 Å². The number of halogens is 1. The Kier molecular flexibility index (Phi) is 6.31. The molecule has 2 rings (SSSR count). The summed E-state index contributed by atoms with van der Waals surface area (Å²) in [6.45, 7) is 1.40. The van der Waals surface area contributed by atoms with Crippen molar-refractivity contribution in [3.05, 3.63) is 30.1 Å². The van der Waals surface area contributed by atoms with Gasteiger partial charge in [-0.2, -0.15) is 0 Å². The van der Waals surface area contributed by atoms with E-state index in [1.54, 1.807) is 19.2 Å². The average Bonchev–Trinajstić information content (AvgIpc) is 3.00. The van der Waals surface area contributed by atoms with Gasteiger partial charge in [-0.05, 0) is 43.5 Å². The number of hydrogen-bond donors (Lipinski definition) is 2. The summed E-state index contributed by atoms with van der Waals surface area (Å²) < 4.78 is 18.3. The highest BCUT2D eigenvalue weighted by Crippen LogP contribution is 2.17. The Morgan fingerprint density at radius 3 is 2.67 bits per heavy atom. The molecular weight excluding hydrogens is 269 g/mol. The number of rotatable bonds is 6. The number of aliphatic imine (C=N–C) groups is 1. The summed E-state index contributed by atoms with van der Waals surface area (Å²) in [5, 5.41) is 6.73. The molecule has 0 radical (unpaired) electrons. The van der Waals surface area contributed by atoms with Gasteiger partial charge in [0.25, 0.3) is 0 Å². The number of hydrogen-bond acceptors (Lipinski definition) is 2. The summed E-state index contributed by atoms with van der Waals surface area (Å²) in [7, 11) is 1.79. The second kappa shape index (κ2) is 8.49. The molecule has 0 saturated heterocycles. The summed E-state index contributed by atoms with van der Waals surface area (Å²) in [4.78, 5) is 4.23. The average molecular weight is 293 g/mol. The maximum Gasteiger partial charge on any atom is 0.191 e. The predicted octanol–water partition coefficient (Wildman–Crippen LogP) is 2.70. The van der Waals surface area contributed by atoms with E-state index in [1.165, 1.54) is 37.8 Å². The van der Waals surface area contributed by atoms with Crippen LogP contribution in [-0.4, -0.2) is 32.2 Å². The van der Waals surface area contributed by atoms with Crippen molar-refractivity contribution in [2.75, 3.05) is 20.2 Å². The van der Waals surface area contributed by atoms with Crippen LogP contribution in [0.5, 0.6) is 5.75 Å². The third-order valence-corrected chi connectivity index (χ3v) is 3.62. The summed E-state index contributed by atoms with van der Waals surface area (Å²) in [6, 6.07) is 6.65. The molecule has 0 aromatic heterocycles. The molecule has 1 aliphatic carbocycles. The van der Waals surface area contributed by atoms with Crippen molar-refractivity contribution in [2.45, 2.75) is 38.1 Å². The first-order valence-electron chi connectivity index (χ1n) is 7.63. The Labute approximate surface area is 125 Å². The van der Waals surface area contributed by atoms with E-state index in [0.29, 0.717) is 18.4 Å². The van der Waals surface area contributed by atoms with Gasteiger partial charge >= 0.3 is 0 Å². The molecule has 116 valence electrons. The maximum atomic E-state index is 12.7. The zero-order valence-corrected chi connectivity index (χ0v) is 12.6. The van der Waals surface area contributed by atoms with Gasteiger partial charge in [-0.25, -0.2) is 4.39 Å². The Morgan fingerprint density at radius 1 is 1.29 bits per heavy atom. The van der Waals surface area contributed by atoms with Gasteiger partial charge in [-0.1, -0.05) is 12.8 Å². The lowest BCUT2D eigenvalue weighted by Crippen LogP contribution is -2.42. The van der Waals surface area contributed by atoms with E-state index >= 15 is 0 Å². The molecule has 0 amide bonds. The van der Waals surface area contributed by atoms with Crippen molar-refractivity contribution < 1.29 is 9.13 Å². The van der Waals surface area contributed by atoms with Crippen LogP contribution in [0.3, 0.4) is 0 Å². The van der Waals surface area contributed by atoms with E-state index < -0.39 is 0 Å². The van der Waals surface area contributed by atoms with Gasteiger partial charge in [0.2, 0.25) is 0 Å². The van der Waals surface area contributed by atoms with Gasteiger partial charge in [-0.3, -0.25) is 4.99 Å². The summed E-state index contributed by atoms with van der Waals surface area (Å²) in [6.07, 6.45) is 5.94. The molecule has 1 saturated carbocycles. The number of nitrogens with one attached hydrogen (secondary N) is 2. The second-order valence-electron chi connectivity index (χ2n) is 5.28. The summed E-state index contributed by atoms with van der Waals surface area (Å²) in [5.74, 6) is 1.32. The van der Waals surface area contributed by atoms with Gasteiger partial charge in [0.15, 0.2) is 5.96 Å². The lowest BCUT2D eigenvalue weighted by molar-refractivity contribution is 0.310. The van der Waals surface area contributed by atoms with E-state index in [4.69, 9.17) is 4.74 Å². The van der Waals surface area contributed by atoms with Gasteiger partial charge < -0.3 is 15.4 Å². The Hall–Kier alpha value is -1.78. The number of ether oxygens (including phenoxy) is 1. The van der Waals surface area contributed by atoms with Gasteiger partial charge in [0, 0.05) is 19.6 Å². The van der Waals surface area contributed by atoms with E-state index in [1.807, 2.05) is 0 Å². The molecule has 1 aromatic carbocycles. The smallest absolute Gasteiger partial charge is 0.191 e. The van der Waals surface area contributed by atoms with Gasteiger partial charge in [0.1, 0.15) is 11.6 Å². The third kappa shape index (κ3) is 5.61. The molecule has 0 aliphatic heterocycles. The van der Waals surface area contributed by atoms with E-state index in [-0.39, 0.29) is 5.82 Å². The largest absolute Gasteiger partial charge is 0.494 e. The maximum absolute atomic E-state index is 12.7. The minimum absolute atomic E-state index is 0.245. The summed E-state index contributed by atoms with van der Waals surface area (Å²) in [5.41, 5.74) is 0. The topological polar surface area (TPSA) is 45.7 Å². The first-order valence-corrected chi connectivity index (χ1v) is 7.63. The van der Waals surface area contributed by atoms with E-state index in [0.717, 1.165) is 18.9 Å². The molecule has 5 heteroatoms. The highest BCUT2D eigenvalue weighted by molar-refractivity contribution is 5.79. The molecule has 21 heavy (non-hydrogen) atoms. The second-order valence-corrected chi connectivity index (χ2v) is 5.28. The van der Waals surface area contributed by atoms with Crippen molar-refractivity contribution in [3.63, 3.8) is 0 Å². The van der Waals surface area contributed by atoms with E-state index in [9.17, 15) is 4.39 Å². The number of nitrogens with zero attached hydrogens (tertiary/aromatic N) is 1. The first-order chi connectivity index (χ1) is 10.3. The van der Waals surface area contributed by atoms with Crippen LogP contribution in [0.15, 0.2) is 29.3 Å². The minimum atomic E-state index is -0.245. The molecule has 0 bridgehead atoms. The molecule has 0 spiro atoms. The van der Waals surface area contributed by atoms with Crippen LogP contribution >= 0.6 is 0 Å². The van der Waals surface area contributed by atoms with Crippen LogP contribution in [-0.2, 0) is 0 Å². The van der Waals surface area contributed by atoms with Gasteiger partial charge in [-0.15, -0.1) is 0 Å². The Bertz CT molecular complexity index is 441. The molecule has 0 unspecified atom stereocenters.